The van der Waals surface area contributed by atoms with Crippen molar-refractivity contribution >= 4 is 0 Å². The van der Waals surface area contributed by atoms with Gasteiger partial charge in [0.25, 0.3) is 0 Å². The summed E-state index contributed by atoms with van der Waals surface area (Å²) in [5.74, 6) is 1.86. The van der Waals surface area contributed by atoms with E-state index < -0.39 is 0 Å². The zero-order valence-electron chi connectivity index (χ0n) is 10.6. The van der Waals surface area contributed by atoms with Crippen molar-refractivity contribution < 1.29 is 0 Å². The first-order chi connectivity index (χ1) is 6.92. The SMILES string of the molecule is C[C@H]1CCC2C(C)(C)C[C@@]3(C)CC=C[C@]213. The molecule has 3 aliphatic carbocycles. The molecule has 0 saturated heterocycles. The summed E-state index contributed by atoms with van der Waals surface area (Å²) in [5.41, 5.74) is 1.72. The maximum Gasteiger partial charge on any atom is -0.000243 e. The van der Waals surface area contributed by atoms with Gasteiger partial charge in [-0.2, -0.15) is 0 Å². The van der Waals surface area contributed by atoms with Crippen molar-refractivity contribution in [3.8, 4) is 0 Å². The Kier molecular flexibility index (Phi) is 1.67. The monoisotopic (exact) mass is 204 g/mol. The molecule has 0 aromatic heterocycles. The highest BCUT2D eigenvalue weighted by Gasteiger charge is 2.67. The summed E-state index contributed by atoms with van der Waals surface area (Å²) >= 11 is 0. The Hall–Kier alpha value is -0.260. The second-order valence-corrected chi connectivity index (χ2v) is 7.30. The molecule has 15 heavy (non-hydrogen) atoms. The maximum atomic E-state index is 2.62. The molecule has 2 fully saturated rings. The number of rotatable bonds is 0. The van der Waals surface area contributed by atoms with Crippen LogP contribution >= 0.6 is 0 Å². The van der Waals surface area contributed by atoms with Crippen LogP contribution in [0, 0.1) is 28.1 Å². The van der Waals surface area contributed by atoms with Gasteiger partial charge in [0.15, 0.2) is 0 Å². The third-order valence-corrected chi connectivity index (χ3v) is 6.08. The van der Waals surface area contributed by atoms with E-state index in [-0.39, 0.29) is 0 Å². The quantitative estimate of drug-likeness (QED) is 0.513. The summed E-state index contributed by atoms with van der Waals surface area (Å²) in [6, 6.07) is 0. The van der Waals surface area contributed by atoms with E-state index in [1.54, 1.807) is 0 Å². The molecule has 0 N–H and O–H groups in total. The molecule has 1 unspecified atom stereocenters. The standard InChI is InChI=1S/C15H24/c1-11-6-7-12-13(2,3)10-14(4)8-5-9-15(11,12)14/h5,9,11-12H,6-8,10H2,1-4H3/t11-,12?,14+,15+/m0/s1. The van der Waals surface area contributed by atoms with Gasteiger partial charge >= 0.3 is 0 Å². The van der Waals surface area contributed by atoms with Gasteiger partial charge in [-0.1, -0.05) is 39.8 Å². The fourth-order valence-electron chi connectivity index (χ4n) is 5.82. The van der Waals surface area contributed by atoms with Gasteiger partial charge in [-0.25, -0.2) is 0 Å². The average Bonchev–Trinajstić information content (AvgIpc) is 2.62. The van der Waals surface area contributed by atoms with Crippen molar-refractivity contribution in [2.24, 2.45) is 28.1 Å². The Morgan fingerprint density at radius 3 is 2.60 bits per heavy atom. The molecule has 2 saturated carbocycles. The van der Waals surface area contributed by atoms with Crippen LogP contribution in [-0.2, 0) is 0 Å². The molecule has 0 radical (unpaired) electrons. The fourth-order valence-corrected chi connectivity index (χ4v) is 5.82. The van der Waals surface area contributed by atoms with Crippen LogP contribution in [0.4, 0.5) is 0 Å². The van der Waals surface area contributed by atoms with Gasteiger partial charge in [0.1, 0.15) is 0 Å². The molecule has 84 valence electrons. The Morgan fingerprint density at radius 1 is 1.13 bits per heavy atom. The molecule has 0 heterocycles. The van der Waals surface area contributed by atoms with Gasteiger partial charge in [0.05, 0.1) is 0 Å². The minimum atomic E-state index is 0.566. The predicted octanol–water partition coefficient (Wildman–Crippen LogP) is 4.42. The van der Waals surface area contributed by atoms with E-state index in [9.17, 15) is 0 Å². The van der Waals surface area contributed by atoms with E-state index in [1.165, 1.54) is 25.7 Å². The first-order valence-corrected chi connectivity index (χ1v) is 6.60. The third kappa shape index (κ3) is 0.905. The topological polar surface area (TPSA) is 0 Å². The van der Waals surface area contributed by atoms with Gasteiger partial charge in [-0.15, -0.1) is 0 Å². The van der Waals surface area contributed by atoms with E-state index >= 15 is 0 Å². The lowest BCUT2D eigenvalue weighted by molar-refractivity contribution is 0.0942. The highest BCUT2D eigenvalue weighted by Crippen LogP contribution is 2.75. The third-order valence-electron chi connectivity index (χ3n) is 6.08. The minimum absolute atomic E-state index is 0.566. The molecule has 0 aliphatic heterocycles. The molecular formula is C15H24. The van der Waals surface area contributed by atoms with Gasteiger partial charge < -0.3 is 0 Å². The number of hydrogen-bond acceptors (Lipinski definition) is 0. The largest absolute Gasteiger partial charge is 0.0874 e. The van der Waals surface area contributed by atoms with Crippen LogP contribution in [0.3, 0.4) is 0 Å². The minimum Gasteiger partial charge on any atom is -0.0874 e. The smallest absolute Gasteiger partial charge is 0.000243 e. The second kappa shape index (κ2) is 2.52. The van der Waals surface area contributed by atoms with Crippen LogP contribution in [-0.4, -0.2) is 0 Å². The normalized spacial score (nSPS) is 55.7. The second-order valence-electron chi connectivity index (χ2n) is 7.30. The van der Waals surface area contributed by atoms with Crippen LogP contribution in [0.2, 0.25) is 0 Å². The Labute approximate surface area is 94.1 Å². The van der Waals surface area contributed by atoms with Crippen LogP contribution in [0.25, 0.3) is 0 Å². The van der Waals surface area contributed by atoms with Crippen molar-refractivity contribution in [3.63, 3.8) is 0 Å². The van der Waals surface area contributed by atoms with Crippen LogP contribution in [0.1, 0.15) is 53.4 Å². The molecule has 3 aliphatic rings. The van der Waals surface area contributed by atoms with E-state index in [2.05, 4.69) is 39.8 Å². The zero-order valence-corrected chi connectivity index (χ0v) is 10.6. The number of allylic oxidation sites excluding steroid dienone is 2. The van der Waals surface area contributed by atoms with Crippen molar-refractivity contribution in [2.45, 2.75) is 53.4 Å². The summed E-state index contributed by atoms with van der Waals surface area (Å²) in [7, 11) is 0. The summed E-state index contributed by atoms with van der Waals surface area (Å²) in [6.45, 7) is 10.1. The molecule has 0 amide bonds. The maximum absolute atomic E-state index is 2.62. The van der Waals surface area contributed by atoms with Crippen LogP contribution in [0.5, 0.6) is 0 Å². The van der Waals surface area contributed by atoms with E-state index in [4.69, 9.17) is 0 Å². The predicted molar refractivity (Wildman–Crippen MR) is 64.6 cm³/mol. The molecule has 0 aromatic rings. The van der Waals surface area contributed by atoms with Gasteiger partial charge in [-0.05, 0) is 53.8 Å². The van der Waals surface area contributed by atoms with E-state index in [1.807, 2.05) is 0 Å². The molecule has 3 rings (SSSR count). The van der Waals surface area contributed by atoms with Crippen molar-refractivity contribution in [2.75, 3.05) is 0 Å². The number of hydrogen-bond donors (Lipinski definition) is 0. The van der Waals surface area contributed by atoms with Crippen molar-refractivity contribution in [3.05, 3.63) is 12.2 Å². The van der Waals surface area contributed by atoms with Crippen molar-refractivity contribution in [1.82, 2.24) is 0 Å². The molecule has 4 atom stereocenters. The van der Waals surface area contributed by atoms with Crippen LogP contribution in [0.15, 0.2) is 12.2 Å². The molecular weight excluding hydrogens is 180 g/mol. The van der Waals surface area contributed by atoms with E-state index in [0.717, 1.165) is 11.8 Å². The van der Waals surface area contributed by atoms with Gasteiger partial charge in [0, 0.05) is 0 Å². The van der Waals surface area contributed by atoms with Crippen LogP contribution < -0.4 is 0 Å². The first-order valence-electron chi connectivity index (χ1n) is 6.60. The molecule has 0 nitrogen and oxygen atoms in total. The lowest BCUT2D eigenvalue weighted by Gasteiger charge is -2.41. The highest BCUT2D eigenvalue weighted by molar-refractivity contribution is 5.28. The lowest BCUT2D eigenvalue weighted by Crippen LogP contribution is -2.36. The lowest BCUT2D eigenvalue weighted by atomic mass is 9.62. The first kappa shape index (κ1) is 9.93. The van der Waals surface area contributed by atoms with Gasteiger partial charge in [0.2, 0.25) is 0 Å². The van der Waals surface area contributed by atoms with E-state index in [0.29, 0.717) is 16.2 Å². The summed E-state index contributed by atoms with van der Waals surface area (Å²) in [4.78, 5) is 0. The molecule has 0 heteroatoms. The van der Waals surface area contributed by atoms with Gasteiger partial charge in [-0.3, -0.25) is 0 Å². The molecule has 0 aromatic carbocycles. The Morgan fingerprint density at radius 2 is 1.87 bits per heavy atom. The summed E-state index contributed by atoms with van der Waals surface area (Å²) < 4.78 is 0. The molecule has 0 bridgehead atoms. The Bertz CT molecular complexity index is 325. The average molecular weight is 204 g/mol. The van der Waals surface area contributed by atoms with Crippen molar-refractivity contribution in [1.29, 1.82) is 0 Å². The molecule has 1 spiro atoms. The summed E-state index contributed by atoms with van der Waals surface area (Å²) in [5, 5.41) is 0. The fraction of sp³-hybridized carbons (Fsp3) is 0.867. The zero-order chi connectivity index (χ0) is 10.9. The summed E-state index contributed by atoms with van der Waals surface area (Å²) in [6.07, 6.45) is 10.8. The highest BCUT2D eigenvalue weighted by atomic mass is 14.7. The Balaban J connectivity index is 2.16.